The predicted molar refractivity (Wildman–Crippen MR) is 67.3 cm³/mol. The molecule has 1 saturated carbocycles. The standard InChI is InChI=1S/C12H19N3O2/c1-8-3-5-9(6-4-8)13-10-7-11(16)15(2)12(17)14-10/h7-9,13H,3-6H2,1-2H3,(H,14,17). The number of nitrogens with zero attached hydrogens (tertiary/aromatic N) is 1. The molecule has 1 aromatic rings. The molecule has 0 amide bonds. The van der Waals surface area contributed by atoms with Crippen molar-refractivity contribution in [3.63, 3.8) is 0 Å². The van der Waals surface area contributed by atoms with Gasteiger partial charge in [0.05, 0.1) is 0 Å². The van der Waals surface area contributed by atoms with Crippen LogP contribution in [0, 0.1) is 5.92 Å². The van der Waals surface area contributed by atoms with Crippen molar-refractivity contribution in [1.29, 1.82) is 0 Å². The molecule has 0 bridgehead atoms. The van der Waals surface area contributed by atoms with Crippen molar-refractivity contribution >= 4 is 5.82 Å². The first-order valence-electron chi connectivity index (χ1n) is 6.13. The molecule has 17 heavy (non-hydrogen) atoms. The van der Waals surface area contributed by atoms with Crippen LogP contribution < -0.4 is 16.6 Å². The van der Waals surface area contributed by atoms with E-state index in [4.69, 9.17) is 0 Å². The lowest BCUT2D eigenvalue weighted by atomic mass is 9.87. The Morgan fingerprint density at radius 3 is 2.53 bits per heavy atom. The Labute approximate surface area is 99.9 Å². The first-order valence-corrected chi connectivity index (χ1v) is 6.13. The highest BCUT2D eigenvalue weighted by atomic mass is 16.2. The van der Waals surface area contributed by atoms with Crippen molar-refractivity contribution < 1.29 is 0 Å². The fourth-order valence-corrected chi connectivity index (χ4v) is 2.26. The van der Waals surface area contributed by atoms with Crippen LogP contribution in [0.1, 0.15) is 32.6 Å². The van der Waals surface area contributed by atoms with E-state index >= 15 is 0 Å². The monoisotopic (exact) mass is 237 g/mol. The maximum atomic E-state index is 11.5. The third-order valence-electron chi connectivity index (χ3n) is 3.52. The Morgan fingerprint density at radius 1 is 1.29 bits per heavy atom. The molecule has 0 radical (unpaired) electrons. The van der Waals surface area contributed by atoms with Gasteiger partial charge in [0.25, 0.3) is 5.56 Å². The number of anilines is 1. The molecule has 0 saturated heterocycles. The Morgan fingerprint density at radius 2 is 1.94 bits per heavy atom. The molecule has 2 N–H and O–H groups in total. The van der Waals surface area contributed by atoms with Crippen molar-refractivity contribution in [2.24, 2.45) is 13.0 Å². The fraction of sp³-hybridized carbons (Fsp3) is 0.667. The molecule has 0 unspecified atom stereocenters. The van der Waals surface area contributed by atoms with Crippen LogP contribution in [0.4, 0.5) is 5.82 Å². The summed E-state index contributed by atoms with van der Waals surface area (Å²) in [6, 6.07) is 1.81. The van der Waals surface area contributed by atoms with E-state index in [0.717, 1.165) is 23.3 Å². The van der Waals surface area contributed by atoms with E-state index in [2.05, 4.69) is 17.2 Å². The van der Waals surface area contributed by atoms with Crippen LogP contribution in [0.3, 0.4) is 0 Å². The van der Waals surface area contributed by atoms with Crippen LogP contribution in [0.5, 0.6) is 0 Å². The van der Waals surface area contributed by atoms with Gasteiger partial charge in [0.15, 0.2) is 0 Å². The summed E-state index contributed by atoms with van der Waals surface area (Å²) in [6.07, 6.45) is 4.59. The summed E-state index contributed by atoms with van der Waals surface area (Å²) < 4.78 is 1.06. The Bertz CT molecular complexity index is 464. The van der Waals surface area contributed by atoms with Gasteiger partial charge < -0.3 is 5.32 Å². The zero-order valence-electron chi connectivity index (χ0n) is 10.3. The molecule has 5 heteroatoms. The summed E-state index contributed by atoms with van der Waals surface area (Å²) in [5.41, 5.74) is -0.649. The zero-order chi connectivity index (χ0) is 12.4. The maximum Gasteiger partial charge on any atom is 0.329 e. The number of nitrogens with one attached hydrogen (secondary N) is 2. The van der Waals surface area contributed by atoms with Gasteiger partial charge in [-0.1, -0.05) is 6.92 Å². The number of H-pyrrole nitrogens is 1. The topological polar surface area (TPSA) is 66.9 Å². The lowest BCUT2D eigenvalue weighted by Crippen LogP contribution is -2.34. The van der Waals surface area contributed by atoms with Gasteiger partial charge in [-0.2, -0.15) is 0 Å². The SMILES string of the molecule is CC1CCC(Nc2cc(=O)n(C)c(=O)[nH]2)CC1. The minimum absolute atomic E-state index is 0.277. The first kappa shape index (κ1) is 12.0. The number of rotatable bonds is 2. The van der Waals surface area contributed by atoms with Crippen LogP contribution in [-0.2, 0) is 7.05 Å². The molecule has 0 aromatic carbocycles. The molecule has 0 atom stereocenters. The number of hydrogen-bond donors (Lipinski definition) is 2. The van der Waals surface area contributed by atoms with Crippen LogP contribution in [0.15, 0.2) is 15.7 Å². The summed E-state index contributed by atoms with van der Waals surface area (Å²) in [4.78, 5) is 25.6. The normalized spacial score (nSPS) is 24.6. The minimum atomic E-state index is -0.371. The largest absolute Gasteiger partial charge is 0.369 e. The average Bonchev–Trinajstić information content (AvgIpc) is 2.29. The molecule has 1 fully saturated rings. The van der Waals surface area contributed by atoms with Gasteiger partial charge in [0, 0.05) is 19.2 Å². The quantitative estimate of drug-likeness (QED) is 0.808. The molecule has 94 valence electrons. The third-order valence-corrected chi connectivity index (χ3v) is 3.52. The Hall–Kier alpha value is -1.52. The molecule has 0 aliphatic heterocycles. The van der Waals surface area contributed by atoms with Gasteiger partial charge in [-0.3, -0.25) is 14.3 Å². The van der Waals surface area contributed by atoms with Crippen LogP contribution in [0.2, 0.25) is 0 Å². The highest BCUT2D eigenvalue weighted by molar-refractivity contribution is 5.33. The van der Waals surface area contributed by atoms with E-state index < -0.39 is 0 Å². The van der Waals surface area contributed by atoms with Crippen molar-refractivity contribution in [2.45, 2.75) is 38.6 Å². The summed E-state index contributed by atoms with van der Waals surface area (Å²) in [5.74, 6) is 1.33. The Kier molecular flexibility index (Phi) is 3.36. The second kappa shape index (κ2) is 4.77. The molecule has 1 aromatic heterocycles. The number of aromatic nitrogens is 2. The third kappa shape index (κ3) is 2.78. The smallest absolute Gasteiger partial charge is 0.329 e. The second-order valence-corrected chi connectivity index (χ2v) is 4.99. The predicted octanol–water partition coefficient (Wildman–Crippen LogP) is 1.06. The fourth-order valence-electron chi connectivity index (χ4n) is 2.26. The lowest BCUT2D eigenvalue weighted by molar-refractivity contribution is 0.360. The highest BCUT2D eigenvalue weighted by Crippen LogP contribution is 2.24. The van der Waals surface area contributed by atoms with Gasteiger partial charge >= 0.3 is 5.69 Å². The van der Waals surface area contributed by atoms with Gasteiger partial charge in [0.1, 0.15) is 5.82 Å². The van der Waals surface area contributed by atoms with Gasteiger partial charge in [-0.25, -0.2) is 4.79 Å². The minimum Gasteiger partial charge on any atom is -0.369 e. The van der Waals surface area contributed by atoms with Crippen molar-refractivity contribution in [3.05, 3.63) is 26.9 Å². The average molecular weight is 237 g/mol. The van der Waals surface area contributed by atoms with Gasteiger partial charge in [-0.15, -0.1) is 0 Å². The van der Waals surface area contributed by atoms with E-state index in [-0.39, 0.29) is 11.2 Å². The molecule has 0 spiro atoms. The summed E-state index contributed by atoms with van der Waals surface area (Å²) in [5, 5.41) is 3.24. The van der Waals surface area contributed by atoms with Gasteiger partial charge in [-0.05, 0) is 31.6 Å². The molecule has 1 aliphatic carbocycles. The molecule has 1 heterocycles. The maximum absolute atomic E-state index is 11.5. The molecule has 5 nitrogen and oxygen atoms in total. The molecular formula is C12H19N3O2. The summed E-state index contributed by atoms with van der Waals surface area (Å²) in [7, 11) is 1.47. The molecule has 2 rings (SSSR count). The van der Waals surface area contributed by atoms with Crippen LogP contribution >= 0.6 is 0 Å². The zero-order valence-corrected chi connectivity index (χ0v) is 10.3. The van der Waals surface area contributed by atoms with Crippen molar-refractivity contribution in [1.82, 2.24) is 9.55 Å². The van der Waals surface area contributed by atoms with Crippen molar-refractivity contribution in [2.75, 3.05) is 5.32 Å². The number of hydrogen-bond acceptors (Lipinski definition) is 3. The van der Waals surface area contributed by atoms with Crippen molar-refractivity contribution in [3.8, 4) is 0 Å². The van der Waals surface area contributed by atoms with E-state index in [9.17, 15) is 9.59 Å². The Balaban J connectivity index is 2.09. The molecular weight excluding hydrogens is 218 g/mol. The van der Waals surface area contributed by atoms with E-state index in [1.807, 2.05) is 0 Å². The summed E-state index contributed by atoms with van der Waals surface area (Å²) in [6.45, 7) is 2.26. The second-order valence-electron chi connectivity index (χ2n) is 4.99. The summed E-state index contributed by atoms with van der Waals surface area (Å²) >= 11 is 0. The van der Waals surface area contributed by atoms with Crippen LogP contribution in [-0.4, -0.2) is 15.6 Å². The highest BCUT2D eigenvalue weighted by Gasteiger charge is 2.18. The van der Waals surface area contributed by atoms with E-state index in [0.29, 0.717) is 11.9 Å². The van der Waals surface area contributed by atoms with E-state index in [1.54, 1.807) is 0 Å². The first-order chi connectivity index (χ1) is 8.06. The lowest BCUT2D eigenvalue weighted by Gasteiger charge is -2.27. The molecule has 1 aliphatic rings. The van der Waals surface area contributed by atoms with E-state index in [1.165, 1.54) is 26.0 Å². The number of aromatic amines is 1. The van der Waals surface area contributed by atoms with Crippen LogP contribution in [0.25, 0.3) is 0 Å². The van der Waals surface area contributed by atoms with Gasteiger partial charge in [0.2, 0.25) is 0 Å².